The predicted octanol–water partition coefficient (Wildman–Crippen LogP) is 4.25. The topological polar surface area (TPSA) is 43.1 Å². The molecule has 0 bridgehead atoms. The fraction of sp³-hybridized carbons (Fsp3) is 0. The van der Waals surface area contributed by atoms with E-state index in [1.165, 1.54) is 0 Å². The number of nitrogens with zero attached hydrogens (tertiary/aromatic N) is 4. The van der Waals surface area contributed by atoms with Crippen LogP contribution in [0.3, 0.4) is 0 Å². The second-order valence-corrected chi connectivity index (χ2v) is 5.40. The van der Waals surface area contributed by atoms with Crippen LogP contribution >= 0.6 is 23.2 Å². The van der Waals surface area contributed by atoms with E-state index < -0.39 is 0 Å². The Morgan fingerprint density at radius 1 is 0.952 bits per heavy atom. The summed E-state index contributed by atoms with van der Waals surface area (Å²) >= 11 is 12.4. The van der Waals surface area contributed by atoms with Crippen molar-refractivity contribution < 1.29 is 0 Å². The Hall–Kier alpha value is -2.17. The molecular formula is C15H8Cl2N4. The maximum atomic E-state index is 6.28. The van der Waals surface area contributed by atoms with Gasteiger partial charge in [0, 0.05) is 16.0 Å². The van der Waals surface area contributed by atoms with Crippen LogP contribution in [0, 0.1) is 0 Å². The first kappa shape index (κ1) is 12.6. The van der Waals surface area contributed by atoms with Gasteiger partial charge in [0.25, 0.3) is 0 Å². The molecule has 0 spiro atoms. The van der Waals surface area contributed by atoms with E-state index >= 15 is 0 Å². The van der Waals surface area contributed by atoms with Gasteiger partial charge in [0.05, 0.1) is 5.52 Å². The van der Waals surface area contributed by atoms with Crippen LogP contribution in [0.5, 0.6) is 0 Å². The molecule has 6 heteroatoms. The van der Waals surface area contributed by atoms with Crippen molar-refractivity contribution in [2.24, 2.45) is 0 Å². The fourth-order valence-electron chi connectivity index (χ4n) is 2.33. The van der Waals surface area contributed by atoms with Crippen LogP contribution in [0.25, 0.3) is 27.8 Å². The van der Waals surface area contributed by atoms with E-state index in [1.54, 1.807) is 16.6 Å². The fourth-order valence-corrected chi connectivity index (χ4v) is 2.74. The molecule has 0 fully saturated rings. The highest BCUT2D eigenvalue weighted by Gasteiger charge is 2.14. The first-order valence-corrected chi connectivity index (χ1v) is 7.05. The van der Waals surface area contributed by atoms with E-state index in [0.717, 1.165) is 16.5 Å². The van der Waals surface area contributed by atoms with E-state index in [4.69, 9.17) is 23.2 Å². The summed E-state index contributed by atoms with van der Waals surface area (Å²) in [5.74, 6) is 0. The lowest BCUT2D eigenvalue weighted by Crippen LogP contribution is -1.94. The van der Waals surface area contributed by atoms with Crippen LogP contribution in [-0.4, -0.2) is 19.8 Å². The lowest BCUT2D eigenvalue weighted by molar-refractivity contribution is 0.877. The smallest absolute Gasteiger partial charge is 0.185 e. The largest absolute Gasteiger partial charge is 0.214 e. The maximum Gasteiger partial charge on any atom is 0.185 e. The summed E-state index contributed by atoms with van der Waals surface area (Å²) in [7, 11) is 0. The van der Waals surface area contributed by atoms with Crippen molar-refractivity contribution in [3.05, 3.63) is 58.7 Å². The Morgan fingerprint density at radius 3 is 2.57 bits per heavy atom. The van der Waals surface area contributed by atoms with Crippen molar-refractivity contribution in [1.29, 1.82) is 0 Å². The third kappa shape index (κ3) is 1.95. The van der Waals surface area contributed by atoms with Crippen LogP contribution in [0.15, 0.2) is 48.5 Å². The highest BCUT2D eigenvalue weighted by Crippen LogP contribution is 2.29. The van der Waals surface area contributed by atoms with Crippen LogP contribution in [0.2, 0.25) is 10.2 Å². The molecule has 0 saturated heterocycles. The molecule has 0 aliphatic rings. The average molecular weight is 315 g/mol. The summed E-state index contributed by atoms with van der Waals surface area (Å²) in [6.45, 7) is 0. The van der Waals surface area contributed by atoms with E-state index in [2.05, 4.69) is 15.3 Å². The Labute approximate surface area is 129 Å². The second kappa shape index (κ2) is 4.69. The molecule has 0 saturated carbocycles. The van der Waals surface area contributed by atoms with Crippen LogP contribution in [0.1, 0.15) is 0 Å². The Kier molecular flexibility index (Phi) is 2.80. The average Bonchev–Trinajstić information content (AvgIpc) is 2.92. The van der Waals surface area contributed by atoms with Crippen LogP contribution in [0.4, 0.5) is 0 Å². The minimum Gasteiger partial charge on any atom is -0.214 e. The highest BCUT2D eigenvalue weighted by molar-refractivity contribution is 6.35. The number of hydrogen-bond acceptors (Lipinski definition) is 3. The van der Waals surface area contributed by atoms with E-state index in [1.807, 2.05) is 36.4 Å². The first-order valence-electron chi connectivity index (χ1n) is 6.29. The summed E-state index contributed by atoms with van der Waals surface area (Å²) in [4.78, 5) is 4.43. The molecule has 102 valence electrons. The van der Waals surface area contributed by atoms with Gasteiger partial charge in [-0.25, -0.2) is 4.98 Å². The van der Waals surface area contributed by atoms with Crippen molar-refractivity contribution in [1.82, 2.24) is 19.8 Å². The Bertz CT molecular complexity index is 964. The molecule has 4 nitrogen and oxygen atoms in total. The molecule has 0 aliphatic heterocycles. The first-order chi connectivity index (χ1) is 10.2. The van der Waals surface area contributed by atoms with E-state index in [9.17, 15) is 0 Å². The molecule has 0 radical (unpaired) electrons. The molecule has 4 rings (SSSR count). The van der Waals surface area contributed by atoms with Gasteiger partial charge in [-0.3, -0.25) is 0 Å². The summed E-state index contributed by atoms with van der Waals surface area (Å²) in [5, 5.41) is 10.2. The zero-order valence-corrected chi connectivity index (χ0v) is 12.2. The highest BCUT2D eigenvalue weighted by atomic mass is 35.5. The molecule has 0 amide bonds. The number of halogens is 2. The number of hydrogen-bond donors (Lipinski definition) is 0. The zero-order chi connectivity index (χ0) is 14.4. The molecule has 2 heterocycles. The van der Waals surface area contributed by atoms with Crippen LogP contribution in [-0.2, 0) is 0 Å². The predicted molar refractivity (Wildman–Crippen MR) is 83.7 cm³/mol. The molecule has 0 N–H and O–H groups in total. The summed E-state index contributed by atoms with van der Waals surface area (Å²) < 4.78 is 1.66. The van der Waals surface area contributed by atoms with Gasteiger partial charge in [0.1, 0.15) is 10.8 Å². The minimum absolute atomic E-state index is 0.411. The van der Waals surface area contributed by atoms with E-state index in [0.29, 0.717) is 21.5 Å². The normalized spacial score (nSPS) is 11.3. The molecule has 0 aliphatic carbocycles. The third-order valence-electron chi connectivity index (χ3n) is 3.31. The molecular weight excluding hydrogens is 307 g/mol. The molecule has 4 aromatic rings. The van der Waals surface area contributed by atoms with Gasteiger partial charge in [-0.05, 0) is 18.2 Å². The number of benzene rings is 2. The molecule has 0 atom stereocenters. The van der Waals surface area contributed by atoms with Gasteiger partial charge < -0.3 is 0 Å². The number of aromatic nitrogens is 4. The monoisotopic (exact) mass is 314 g/mol. The standard InChI is InChI=1S/C15H8Cl2N4/c16-10-6-7-11-12(8-10)21-15(18-14(11)17)13(19-20-21)9-4-2-1-3-5-9/h1-8H. The second-order valence-electron chi connectivity index (χ2n) is 4.60. The van der Waals surface area contributed by atoms with Gasteiger partial charge in [0.15, 0.2) is 5.65 Å². The number of fused-ring (bicyclic) bond motifs is 3. The maximum absolute atomic E-state index is 6.28. The van der Waals surface area contributed by atoms with Gasteiger partial charge >= 0.3 is 0 Å². The van der Waals surface area contributed by atoms with Crippen molar-refractivity contribution >= 4 is 39.8 Å². The van der Waals surface area contributed by atoms with Crippen molar-refractivity contribution in [2.75, 3.05) is 0 Å². The molecule has 2 aromatic heterocycles. The Morgan fingerprint density at radius 2 is 1.76 bits per heavy atom. The summed E-state index contributed by atoms with van der Waals surface area (Å²) in [6.07, 6.45) is 0. The quantitative estimate of drug-likeness (QED) is 0.493. The minimum atomic E-state index is 0.411. The lowest BCUT2D eigenvalue weighted by atomic mass is 10.1. The van der Waals surface area contributed by atoms with Crippen LogP contribution < -0.4 is 0 Å². The van der Waals surface area contributed by atoms with Gasteiger partial charge in [0.2, 0.25) is 0 Å². The van der Waals surface area contributed by atoms with E-state index in [-0.39, 0.29) is 0 Å². The third-order valence-corrected chi connectivity index (χ3v) is 3.83. The van der Waals surface area contributed by atoms with Gasteiger partial charge in [-0.15, -0.1) is 5.10 Å². The number of rotatable bonds is 1. The lowest BCUT2D eigenvalue weighted by Gasteiger charge is -2.04. The van der Waals surface area contributed by atoms with Gasteiger partial charge in [-0.2, -0.15) is 4.52 Å². The molecule has 2 aromatic carbocycles. The zero-order valence-electron chi connectivity index (χ0n) is 10.7. The summed E-state index contributed by atoms with van der Waals surface area (Å²) in [6, 6.07) is 15.2. The summed E-state index contributed by atoms with van der Waals surface area (Å²) in [5.41, 5.74) is 3.03. The van der Waals surface area contributed by atoms with Crippen molar-refractivity contribution in [2.45, 2.75) is 0 Å². The molecule has 21 heavy (non-hydrogen) atoms. The van der Waals surface area contributed by atoms with Crippen molar-refractivity contribution in [3.8, 4) is 11.3 Å². The molecule has 0 unspecified atom stereocenters. The SMILES string of the molecule is Clc1ccc2c(Cl)nc3c(-c4ccccc4)nnn3c2c1. The van der Waals surface area contributed by atoms with Gasteiger partial charge in [-0.1, -0.05) is 58.7 Å². The Balaban J connectivity index is 2.12. The van der Waals surface area contributed by atoms with Crippen molar-refractivity contribution in [3.63, 3.8) is 0 Å².